The van der Waals surface area contributed by atoms with Crippen LogP contribution in [0.15, 0.2) is 84.2 Å². The maximum absolute atomic E-state index is 4.74. The van der Waals surface area contributed by atoms with Crippen LogP contribution in [0.3, 0.4) is 0 Å². The first-order chi connectivity index (χ1) is 14.4. The molecular weight excluding hydrogens is 364 g/mol. The molecule has 0 bridgehead atoms. The average Bonchev–Trinajstić information content (AvgIpc) is 2.76. The normalized spacial score (nSPS) is 19.1. The van der Waals surface area contributed by atoms with E-state index in [0.29, 0.717) is 18.4 Å². The number of hydrogen-bond donors (Lipinski definition) is 1. The van der Waals surface area contributed by atoms with E-state index in [9.17, 15) is 0 Å². The van der Waals surface area contributed by atoms with Crippen molar-refractivity contribution in [2.75, 3.05) is 6.54 Å². The summed E-state index contributed by atoms with van der Waals surface area (Å²) in [7, 11) is 0. The van der Waals surface area contributed by atoms with Gasteiger partial charge in [0.1, 0.15) is 0 Å². The van der Waals surface area contributed by atoms with Gasteiger partial charge in [0, 0.05) is 12.3 Å². The highest BCUT2D eigenvalue weighted by Gasteiger charge is 2.13. The van der Waals surface area contributed by atoms with Crippen molar-refractivity contribution in [1.29, 1.82) is 0 Å². The van der Waals surface area contributed by atoms with Gasteiger partial charge in [-0.25, -0.2) is 0 Å². The summed E-state index contributed by atoms with van der Waals surface area (Å²) in [4.78, 5) is 4.74. The van der Waals surface area contributed by atoms with E-state index in [4.69, 9.17) is 4.99 Å². The molecule has 0 radical (unpaired) electrons. The molecule has 0 amide bonds. The number of unbranched alkanes of at least 4 members (excludes halogenated alkanes) is 1. The Bertz CT molecular complexity index is 802. The quantitative estimate of drug-likeness (QED) is 0.268. The molecule has 1 aromatic rings. The summed E-state index contributed by atoms with van der Waals surface area (Å²) >= 11 is 0. The number of allylic oxidation sites excluding steroid dienone is 6. The predicted octanol–water partition coefficient (Wildman–Crippen LogP) is 7.72. The minimum atomic E-state index is 0.575. The van der Waals surface area contributed by atoms with Gasteiger partial charge in [-0.05, 0) is 48.5 Å². The van der Waals surface area contributed by atoms with Crippen LogP contribution in [-0.4, -0.2) is 12.3 Å². The molecule has 2 nitrogen and oxygen atoms in total. The largest absolute Gasteiger partial charge is 0.380 e. The topological polar surface area (TPSA) is 24.4 Å². The molecule has 0 saturated carbocycles. The number of rotatable bonds is 8. The number of nitrogens with one attached hydrogen (secondary N) is 1. The highest BCUT2D eigenvalue weighted by molar-refractivity contribution is 5.99. The van der Waals surface area contributed by atoms with Gasteiger partial charge >= 0.3 is 0 Å². The van der Waals surface area contributed by atoms with Crippen LogP contribution >= 0.6 is 0 Å². The molecule has 2 heteroatoms. The Balaban J connectivity index is 0.00000103. The van der Waals surface area contributed by atoms with Crippen LogP contribution in [-0.2, 0) is 0 Å². The van der Waals surface area contributed by atoms with Gasteiger partial charge in [-0.3, -0.25) is 4.99 Å². The lowest BCUT2D eigenvalue weighted by Gasteiger charge is -2.19. The zero-order valence-electron chi connectivity index (χ0n) is 19.8. The fourth-order valence-corrected chi connectivity index (χ4v) is 2.92. The molecule has 1 aliphatic carbocycles. The average molecular weight is 405 g/mol. The van der Waals surface area contributed by atoms with Crippen LogP contribution in [0.5, 0.6) is 0 Å². The summed E-state index contributed by atoms with van der Waals surface area (Å²) in [6, 6.07) is 8.64. The minimum Gasteiger partial charge on any atom is -0.380 e. The molecule has 0 fully saturated rings. The summed E-state index contributed by atoms with van der Waals surface area (Å²) in [5, 5.41) is 3.26. The zero-order valence-corrected chi connectivity index (χ0v) is 19.8. The predicted molar refractivity (Wildman–Crippen MR) is 136 cm³/mol. The Morgan fingerprint density at radius 1 is 1.03 bits per heavy atom. The molecule has 0 saturated heterocycles. The van der Waals surface area contributed by atoms with Gasteiger partial charge in [0.2, 0.25) is 0 Å². The molecule has 2 rings (SSSR count). The van der Waals surface area contributed by atoms with Crippen LogP contribution in [0.25, 0.3) is 5.57 Å². The molecule has 162 valence electrons. The van der Waals surface area contributed by atoms with E-state index in [1.807, 2.05) is 19.9 Å². The number of aliphatic imine (C=N–C) groups is 1. The molecule has 1 N–H and O–H groups in total. The van der Waals surface area contributed by atoms with Gasteiger partial charge in [-0.2, -0.15) is 0 Å². The second-order valence-corrected chi connectivity index (χ2v) is 7.85. The van der Waals surface area contributed by atoms with Crippen molar-refractivity contribution in [3.05, 3.63) is 90.3 Å². The lowest BCUT2D eigenvalue weighted by atomic mass is 9.86. The van der Waals surface area contributed by atoms with E-state index < -0.39 is 0 Å². The second kappa shape index (κ2) is 13.6. The Morgan fingerprint density at radius 2 is 1.67 bits per heavy atom. The third-order valence-corrected chi connectivity index (χ3v) is 5.35. The van der Waals surface area contributed by atoms with E-state index >= 15 is 0 Å². The molecule has 2 unspecified atom stereocenters. The standard InChI is InChI=1S/C24H30N2.C4H10/c1-7-15-25-24(8-2)20(6)26-19(5)21-11-13-22(14-12-21)23-10-9-17(3)18(4)16-23;1-3-4-2/h7-14,16-18,25H,1-2,15H2,3-6H3;3-4H2,1-2H3/b24-20-,26-19?;. The lowest BCUT2D eigenvalue weighted by Crippen LogP contribution is -2.12. The zero-order chi connectivity index (χ0) is 22.5. The van der Waals surface area contributed by atoms with Gasteiger partial charge in [0.25, 0.3) is 0 Å². The molecule has 1 aliphatic rings. The Kier molecular flexibility index (Phi) is 11.5. The minimum absolute atomic E-state index is 0.575. The molecule has 30 heavy (non-hydrogen) atoms. The fraction of sp³-hybridized carbons (Fsp3) is 0.393. The lowest BCUT2D eigenvalue weighted by molar-refractivity contribution is 0.554. The van der Waals surface area contributed by atoms with Gasteiger partial charge in [0.05, 0.1) is 11.4 Å². The monoisotopic (exact) mass is 404 g/mol. The number of nitrogens with zero attached hydrogens (tertiary/aromatic N) is 1. The SMILES string of the molecule is C=CCN/C(C=C)=C(/C)N=C(C)c1ccc(C2=CC(C)C(C)C=C2)cc1.CCCC. The van der Waals surface area contributed by atoms with Crippen molar-refractivity contribution in [2.24, 2.45) is 16.8 Å². The van der Waals surface area contributed by atoms with Crippen LogP contribution in [0.2, 0.25) is 0 Å². The molecule has 1 aromatic carbocycles. The van der Waals surface area contributed by atoms with Gasteiger partial charge < -0.3 is 5.32 Å². The van der Waals surface area contributed by atoms with E-state index in [1.165, 1.54) is 24.0 Å². The van der Waals surface area contributed by atoms with Gasteiger partial charge in [-0.15, -0.1) is 6.58 Å². The second-order valence-electron chi connectivity index (χ2n) is 7.85. The number of hydrogen-bond acceptors (Lipinski definition) is 2. The fourth-order valence-electron chi connectivity index (χ4n) is 2.92. The molecule has 0 aliphatic heterocycles. The van der Waals surface area contributed by atoms with Crippen LogP contribution in [0.1, 0.15) is 65.5 Å². The molecular formula is C28H40N2. The molecule has 0 aromatic heterocycles. The van der Waals surface area contributed by atoms with Crippen molar-refractivity contribution in [1.82, 2.24) is 5.32 Å². The van der Waals surface area contributed by atoms with Crippen LogP contribution in [0, 0.1) is 11.8 Å². The molecule has 0 heterocycles. The van der Waals surface area contributed by atoms with E-state index in [-0.39, 0.29) is 0 Å². The number of benzene rings is 1. The maximum atomic E-state index is 4.74. The van der Waals surface area contributed by atoms with Gasteiger partial charge in [0.15, 0.2) is 0 Å². The van der Waals surface area contributed by atoms with E-state index in [1.54, 1.807) is 6.08 Å². The summed E-state index contributed by atoms with van der Waals surface area (Å²) in [5.41, 5.74) is 6.52. The maximum Gasteiger partial charge on any atom is 0.0607 e. The Labute approximate surface area is 184 Å². The first-order valence-corrected chi connectivity index (χ1v) is 11.1. The summed E-state index contributed by atoms with van der Waals surface area (Å²) < 4.78 is 0. The third kappa shape index (κ3) is 8.02. The molecule has 0 spiro atoms. The van der Waals surface area contributed by atoms with Crippen molar-refractivity contribution < 1.29 is 0 Å². The highest BCUT2D eigenvalue weighted by Crippen LogP contribution is 2.28. The molecule has 2 atom stereocenters. The Morgan fingerprint density at radius 3 is 2.17 bits per heavy atom. The van der Waals surface area contributed by atoms with Crippen LogP contribution < -0.4 is 5.32 Å². The van der Waals surface area contributed by atoms with Crippen molar-refractivity contribution in [3.63, 3.8) is 0 Å². The van der Waals surface area contributed by atoms with E-state index in [2.05, 4.69) is 88.7 Å². The van der Waals surface area contributed by atoms with Crippen molar-refractivity contribution in [2.45, 2.75) is 54.4 Å². The summed E-state index contributed by atoms with van der Waals surface area (Å²) in [5.74, 6) is 1.18. The van der Waals surface area contributed by atoms with Crippen molar-refractivity contribution >= 4 is 11.3 Å². The first kappa shape index (κ1) is 25.4. The van der Waals surface area contributed by atoms with Crippen molar-refractivity contribution in [3.8, 4) is 0 Å². The van der Waals surface area contributed by atoms with Gasteiger partial charge in [-0.1, -0.05) is 95.7 Å². The smallest absolute Gasteiger partial charge is 0.0607 e. The summed E-state index contributed by atoms with van der Waals surface area (Å²) in [6.45, 7) is 21.2. The highest BCUT2D eigenvalue weighted by atomic mass is 14.9. The van der Waals surface area contributed by atoms with Crippen LogP contribution in [0.4, 0.5) is 0 Å². The van der Waals surface area contributed by atoms with E-state index in [0.717, 1.165) is 22.7 Å². The third-order valence-electron chi connectivity index (χ3n) is 5.35. The Hall–Kier alpha value is -2.61. The first-order valence-electron chi connectivity index (χ1n) is 11.1. The summed E-state index contributed by atoms with van der Waals surface area (Å²) in [6.07, 6.45) is 13.1.